The molecule has 0 bridgehead atoms. The summed E-state index contributed by atoms with van der Waals surface area (Å²) >= 11 is 1.38. The normalized spacial score (nSPS) is 11.7. The summed E-state index contributed by atoms with van der Waals surface area (Å²) in [5.41, 5.74) is 2.59. The molecule has 6 heteroatoms. The Morgan fingerprint density at radius 2 is 1.47 bits per heavy atom. The standard InChI is InChI=1S/C24H20N2O3S/c1-29-21(27)16-26-19-14-8-9-15-20(19)30-24(26)25-23(28)22(17-10-4-2-5-11-17)18-12-6-3-7-13-18/h2-15,22H,16H2,1H3. The van der Waals surface area contributed by atoms with Crippen molar-refractivity contribution in [2.45, 2.75) is 12.5 Å². The molecule has 0 unspecified atom stereocenters. The lowest BCUT2D eigenvalue weighted by molar-refractivity contribution is -0.141. The maximum absolute atomic E-state index is 13.4. The molecule has 0 N–H and O–H groups in total. The zero-order valence-corrected chi connectivity index (χ0v) is 17.2. The van der Waals surface area contributed by atoms with Crippen LogP contribution in [0.2, 0.25) is 0 Å². The van der Waals surface area contributed by atoms with E-state index in [1.54, 1.807) is 4.57 Å². The molecule has 30 heavy (non-hydrogen) atoms. The lowest BCUT2D eigenvalue weighted by Gasteiger charge is -2.14. The van der Waals surface area contributed by atoms with E-state index in [1.165, 1.54) is 18.4 Å². The van der Waals surface area contributed by atoms with E-state index in [0.29, 0.717) is 4.80 Å². The summed E-state index contributed by atoms with van der Waals surface area (Å²) in [7, 11) is 1.35. The smallest absolute Gasteiger partial charge is 0.325 e. The Labute approximate surface area is 177 Å². The number of carbonyl (C=O) groups is 2. The van der Waals surface area contributed by atoms with E-state index >= 15 is 0 Å². The van der Waals surface area contributed by atoms with Gasteiger partial charge in [0.2, 0.25) is 0 Å². The highest BCUT2D eigenvalue weighted by Gasteiger charge is 2.23. The Morgan fingerprint density at radius 1 is 0.900 bits per heavy atom. The fourth-order valence-corrected chi connectivity index (χ4v) is 4.41. The lowest BCUT2D eigenvalue weighted by atomic mass is 9.91. The molecule has 0 saturated carbocycles. The van der Waals surface area contributed by atoms with E-state index in [0.717, 1.165) is 21.3 Å². The fourth-order valence-electron chi connectivity index (χ4n) is 3.38. The second kappa shape index (κ2) is 8.88. The predicted octanol–water partition coefficient (Wildman–Crippen LogP) is 4.14. The third-order valence-corrected chi connectivity index (χ3v) is 5.88. The molecule has 0 aliphatic rings. The first kappa shape index (κ1) is 19.8. The first-order valence-corrected chi connectivity index (χ1v) is 10.3. The molecular formula is C24H20N2O3S. The number of amides is 1. The topological polar surface area (TPSA) is 60.7 Å². The molecule has 0 aliphatic carbocycles. The van der Waals surface area contributed by atoms with Crippen LogP contribution in [0.5, 0.6) is 0 Å². The highest BCUT2D eigenvalue weighted by atomic mass is 32.1. The minimum Gasteiger partial charge on any atom is -0.468 e. The zero-order valence-electron chi connectivity index (χ0n) is 16.4. The van der Waals surface area contributed by atoms with Gasteiger partial charge >= 0.3 is 5.97 Å². The second-order valence-corrected chi connectivity index (χ2v) is 7.73. The van der Waals surface area contributed by atoms with Gasteiger partial charge in [0.05, 0.1) is 23.2 Å². The number of ether oxygens (including phenoxy) is 1. The third kappa shape index (κ3) is 4.09. The maximum Gasteiger partial charge on any atom is 0.325 e. The molecular weight excluding hydrogens is 396 g/mol. The van der Waals surface area contributed by atoms with Gasteiger partial charge in [0.15, 0.2) is 4.80 Å². The Hall–Kier alpha value is -3.51. The van der Waals surface area contributed by atoms with Crippen LogP contribution in [0.4, 0.5) is 0 Å². The van der Waals surface area contributed by atoms with E-state index in [-0.39, 0.29) is 12.5 Å². The Balaban J connectivity index is 1.85. The van der Waals surface area contributed by atoms with Crippen molar-refractivity contribution in [1.82, 2.24) is 4.57 Å². The number of para-hydroxylation sites is 1. The molecule has 5 nitrogen and oxygen atoms in total. The number of fused-ring (bicyclic) bond motifs is 1. The first-order valence-electron chi connectivity index (χ1n) is 9.51. The Morgan fingerprint density at radius 3 is 2.07 bits per heavy atom. The lowest BCUT2D eigenvalue weighted by Crippen LogP contribution is -2.24. The third-order valence-electron chi connectivity index (χ3n) is 4.82. The maximum atomic E-state index is 13.4. The minimum atomic E-state index is -0.524. The number of esters is 1. The summed E-state index contributed by atoms with van der Waals surface area (Å²) in [6.45, 7) is -0.00598. The second-order valence-electron chi connectivity index (χ2n) is 6.72. The van der Waals surface area contributed by atoms with Gasteiger partial charge in [-0.05, 0) is 23.3 Å². The Kier molecular flexibility index (Phi) is 5.86. The molecule has 150 valence electrons. The number of aromatic nitrogens is 1. The van der Waals surface area contributed by atoms with E-state index in [1.807, 2.05) is 84.9 Å². The average Bonchev–Trinajstić information content (AvgIpc) is 3.12. The van der Waals surface area contributed by atoms with Crippen LogP contribution in [0, 0.1) is 0 Å². The number of methoxy groups -OCH3 is 1. The summed E-state index contributed by atoms with van der Waals surface area (Å²) in [6, 6.07) is 26.9. The van der Waals surface area contributed by atoms with Crippen molar-refractivity contribution >= 4 is 33.4 Å². The van der Waals surface area contributed by atoms with Crippen molar-refractivity contribution in [2.24, 2.45) is 4.99 Å². The van der Waals surface area contributed by atoms with Crippen LogP contribution in [-0.2, 0) is 20.9 Å². The summed E-state index contributed by atoms with van der Waals surface area (Å²) in [5.74, 6) is -1.20. The summed E-state index contributed by atoms with van der Waals surface area (Å²) in [5, 5.41) is 0. The predicted molar refractivity (Wildman–Crippen MR) is 117 cm³/mol. The molecule has 1 heterocycles. The summed E-state index contributed by atoms with van der Waals surface area (Å²) in [6.07, 6.45) is 0. The molecule has 4 rings (SSSR count). The molecule has 4 aromatic rings. The van der Waals surface area contributed by atoms with Gasteiger partial charge in [0.25, 0.3) is 5.91 Å². The van der Waals surface area contributed by atoms with Gasteiger partial charge in [-0.25, -0.2) is 0 Å². The highest BCUT2D eigenvalue weighted by molar-refractivity contribution is 7.16. The molecule has 0 radical (unpaired) electrons. The number of carbonyl (C=O) groups excluding carboxylic acids is 2. The number of hydrogen-bond donors (Lipinski definition) is 0. The van der Waals surface area contributed by atoms with E-state index < -0.39 is 11.9 Å². The van der Waals surface area contributed by atoms with Crippen LogP contribution in [0.15, 0.2) is 89.9 Å². The molecule has 0 atom stereocenters. The van der Waals surface area contributed by atoms with Gasteiger partial charge in [-0.2, -0.15) is 4.99 Å². The number of thiazole rings is 1. The number of rotatable bonds is 5. The van der Waals surface area contributed by atoms with Crippen LogP contribution >= 0.6 is 11.3 Å². The van der Waals surface area contributed by atoms with Crippen molar-refractivity contribution < 1.29 is 14.3 Å². The summed E-state index contributed by atoms with van der Waals surface area (Å²) in [4.78, 5) is 30.3. The molecule has 0 saturated heterocycles. The van der Waals surface area contributed by atoms with Gasteiger partial charge in [-0.1, -0.05) is 84.1 Å². The van der Waals surface area contributed by atoms with Crippen molar-refractivity contribution in [2.75, 3.05) is 7.11 Å². The fraction of sp³-hybridized carbons (Fsp3) is 0.125. The van der Waals surface area contributed by atoms with Gasteiger partial charge in [0.1, 0.15) is 6.54 Å². The van der Waals surface area contributed by atoms with Crippen molar-refractivity contribution in [3.8, 4) is 0 Å². The van der Waals surface area contributed by atoms with Gasteiger partial charge in [-0.3, -0.25) is 9.59 Å². The zero-order chi connectivity index (χ0) is 20.9. The van der Waals surface area contributed by atoms with Crippen LogP contribution < -0.4 is 4.80 Å². The average molecular weight is 417 g/mol. The van der Waals surface area contributed by atoms with E-state index in [2.05, 4.69) is 4.99 Å². The van der Waals surface area contributed by atoms with Crippen LogP contribution in [0.25, 0.3) is 10.2 Å². The largest absolute Gasteiger partial charge is 0.468 e. The molecule has 0 aliphatic heterocycles. The first-order chi connectivity index (χ1) is 14.7. The van der Waals surface area contributed by atoms with Gasteiger partial charge < -0.3 is 9.30 Å². The van der Waals surface area contributed by atoms with Crippen molar-refractivity contribution in [1.29, 1.82) is 0 Å². The van der Waals surface area contributed by atoms with E-state index in [4.69, 9.17) is 4.74 Å². The minimum absolute atomic E-state index is 0.00598. The molecule has 1 aromatic heterocycles. The van der Waals surface area contributed by atoms with Crippen LogP contribution in [0.1, 0.15) is 17.0 Å². The summed E-state index contributed by atoms with van der Waals surface area (Å²) < 4.78 is 7.52. The molecule has 0 spiro atoms. The molecule has 1 amide bonds. The highest BCUT2D eigenvalue weighted by Crippen LogP contribution is 2.26. The van der Waals surface area contributed by atoms with Gasteiger partial charge in [-0.15, -0.1) is 0 Å². The van der Waals surface area contributed by atoms with Crippen LogP contribution in [-0.4, -0.2) is 23.6 Å². The number of nitrogens with zero attached hydrogens (tertiary/aromatic N) is 2. The monoisotopic (exact) mass is 416 g/mol. The van der Waals surface area contributed by atoms with Gasteiger partial charge in [0, 0.05) is 0 Å². The molecule has 3 aromatic carbocycles. The van der Waals surface area contributed by atoms with Crippen LogP contribution in [0.3, 0.4) is 0 Å². The number of benzene rings is 3. The molecule has 0 fully saturated rings. The van der Waals surface area contributed by atoms with Crippen molar-refractivity contribution in [3.63, 3.8) is 0 Å². The van der Waals surface area contributed by atoms with E-state index in [9.17, 15) is 9.59 Å². The number of hydrogen-bond acceptors (Lipinski definition) is 4. The quantitative estimate of drug-likeness (QED) is 0.460. The van der Waals surface area contributed by atoms with Crippen molar-refractivity contribution in [3.05, 3.63) is 101 Å². The SMILES string of the molecule is COC(=O)Cn1c(=NC(=O)C(c2ccccc2)c2ccccc2)sc2ccccc21. The Bertz CT molecular complexity index is 1200.